The Morgan fingerprint density at radius 2 is 0.215 bits per heavy atom. The van der Waals surface area contributed by atoms with Crippen molar-refractivity contribution in [2.24, 2.45) is 88.8 Å². The van der Waals surface area contributed by atoms with Crippen molar-refractivity contribution in [1.29, 1.82) is 0 Å². The van der Waals surface area contributed by atoms with Crippen LogP contribution in [0.15, 0.2) is 0 Å². The second-order valence-electron chi connectivity index (χ2n) is 29.8. The van der Waals surface area contributed by atoms with Gasteiger partial charge >= 0.3 is 89.5 Å². The molecule has 0 fully saturated rings. The summed E-state index contributed by atoms with van der Waals surface area (Å²) in [7, 11) is 0. The molecule has 0 amide bonds. The van der Waals surface area contributed by atoms with E-state index in [2.05, 4.69) is 0 Å². The van der Waals surface area contributed by atoms with Crippen molar-refractivity contribution in [3.63, 3.8) is 0 Å². The summed E-state index contributed by atoms with van der Waals surface area (Å²) < 4.78 is 0. The Balaban J connectivity index is 5.13. The van der Waals surface area contributed by atoms with Gasteiger partial charge in [0.25, 0.3) is 0 Å². The fraction of sp³-hybridized carbons (Fsp3) is 0.805. The van der Waals surface area contributed by atoms with Crippen LogP contribution >= 0.6 is 0 Å². The molecule has 0 aliphatic carbocycles. The van der Waals surface area contributed by atoms with Gasteiger partial charge < -0.3 is 76.6 Å². The summed E-state index contributed by atoms with van der Waals surface area (Å²) in [6, 6.07) is 0. The number of carboxylic acid groups (broad SMARTS) is 15. The van der Waals surface area contributed by atoms with Crippen LogP contribution in [0.25, 0.3) is 0 Å². The highest BCUT2D eigenvalue weighted by Crippen LogP contribution is 2.33. The molecule has 0 heterocycles. The highest BCUT2D eigenvalue weighted by Gasteiger charge is 2.31. The average Bonchev–Trinajstić information content (AvgIpc) is 0.933. The van der Waals surface area contributed by atoms with Crippen LogP contribution in [0.4, 0.5) is 0 Å². The third-order valence-electron chi connectivity index (χ3n) is 21.8. The lowest BCUT2D eigenvalue weighted by Gasteiger charge is -2.19. The summed E-state index contributed by atoms with van der Waals surface area (Å²) >= 11 is 0. The molecule has 0 aromatic rings. The maximum absolute atomic E-state index is 12.3. The Kier molecular flexibility index (Phi) is 53.0. The number of carboxylic acids is 15. The van der Waals surface area contributed by atoms with Crippen molar-refractivity contribution >= 4 is 89.5 Å². The van der Waals surface area contributed by atoms with E-state index < -0.39 is 178 Å². The Labute approximate surface area is 627 Å². The zero-order valence-corrected chi connectivity index (χ0v) is 62.8. The van der Waals surface area contributed by atoms with Gasteiger partial charge in [0.1, 0.15) is 0 Å². The molecule has 0 aromatic heterocycles. The predicted octanol–water partition coefficient (Wildman–Crippen LogP) is 14.1. The first-order valence-electron chi connectivity index (χ1n) is 38.9. The molecule has 15 unspecified atom stereocenters. The minimum Gasteiger partial charge on any atom is -0.481 e. The smallest absolute Gasteiger partial charge is 0.306 e. The van der Waals surface area contributed by atoms with Crippen molar-refractivity contribution in [2.45, 2.75) is 303 Å². The van der Waals surface area contributed by atoms with Crippen molar-refractivity contribution in [2.75, 3.05) is 0 Å². The molecule has 0 aromatic carbocycles. The number of hydrogen-bond donors (Lipinski definition) is 15. The summed E-state index contributed by atoms with van der Waals surface area (Å²) in [5.41, 5.74) is 0. The number of rotatable bonds is 74. The molecular formula is C77H126O30. The number of hydrogen-bond acceptors (Lipinski definition) is 15. The van der Waals surface area contributed by atoms with Crippen LogP contribution in [0.1, 0.15) is 303 Å². The van der Waals surface area contributed by atoms with E-state index in [1.807, 2.05) is 6.92 Å². The third-order valence-corrected chi connectivity index (χ3v) is 21.8. The summed E-state index contributed by atoms with van der Waals surface area (Å²) in [5, 5.41) is 148. The van der Waals surface area contributed by atoms with E-state index in [-0.39, 0.29) is 244 Å². The predicted molar refractivity (Wildman–Crippen MR) is 386 cm³/mol. The summed E-state index contributed by atoms with van der Waals surface area (Å²) in [5.74, 6) is -29.3. The van der Waals surface area contributed by atoms with Gasteiger partial charge in [0, 0.05) is 0 Å². The summed E-state index contributed by atoms with van der Waals surface area (Å²) in [4.78, 5) is 181. The van der Waals surface area contributed by atoms with E-state index in [0.29, 0.717) is 44.9 Å². The van der Waals surface area contributed by atoms with Crippen molar-refractivity contribution < 1.29 is 149 Å². The molecular weight excluding hydrogens is 1400 g/mol. The van der Waals surface area contributed by atoms with Gasteiger partial charge in [0.05, 0.1) is 88.8 Å². The van der Waals surface area contributed by atoms with Gasteiger partial charge in [0.15, 0.2) is 0 Å². The van der Waals surface area contributed by atoms with Crippen molar-refractivity contribution in [3.8, 4) is 0 Å². The first kappa shape index (κ1) is 99.0. The van der Waals surface area contributed by atoms with Gasteiger partial charge in [0.2, 0.25) is 0 Å². The molecule has 0 radical (unpaired) electrons. The lowest BCUT2D eigenvalue weighted by atomic mass is 9.86. The quantitative estimate of drug-likeness (QED) is 0.0269. The Bertz CT molecular complexity index is 2720. The van der Waals surface area contributed by atoms with Gasteiger partial charge in [-0.05, 0) is 193 Å². The van der Waals surface area contributed by atoms with E-state index in [1.165, 1.54) is 0 Å². The zero-order chi connectivity index (χ0) is 81.1. The molecule has 614 valence electrons. The lowest BCUT2D eigenvalue weighted by molar-refractivity contribution is -0.145. The molecule has 0 saturated heterocycles. The second-order valence-corrected chi connectivity index (χ2v) is 29.8. The van der Waals surface area contributed by atoms with E-state index in [4.69, 9.17) is 0 Å². The first-order chi connectivity index (χ1) is 50.5. The Morgan fingerprint density at radius 1 is 0.140 bits per heavy atom. The van der Waals surface area contributed by atoms with E-state index in [1.54, 1.807) is 6.92 Å². The molecule has 15 atom stereocenters. The van der Waals surface area contributed by atoms with Gasteiger partial charge in [-0.15, -0.1) is 0 Å². The zero-order valence-electron chi connectivity index (χ0n) is 62.8. The van der Waals surface area contributed by atoms with Crippen LogP contribution in [0.2, 0.25) is 0 Å². The molecule has 107 heavy (non-hydrogen) atoms. The van der Waals surface area contributed by atoms with Crippen LogP contribution in [-0.2, 0) is 71.9 Å². The van der Waals surface area contributed by atoms with E-state index >= 15 is 0 Å². The first-order valence-corrected chi connectivity index (χ1v) is 38.9. The molecule has 0 bridgehead atoms. The van der Waals surface area contributed by atoms with Crippen LogP contribution in [0.3, 0.4) is 0 Å². The minimum absolute atomic E-state index is 0.0676. The SMILES string of the molecule is CCCC(CCCC(CCCC(CCCC(CCCC(CCCC(CCCC(CCCC(CCCC(CCCC(CCCC(CCCC(CCCC(CCCC(CCCC(CC)C(=O)O)C(=O)O)C(=O)O)C(=O)O)C(=O)O)C(=O)O)C(=O)O)C(=O)O)C(=O)O)C(=O)O)C(=O)O)C(=O)O)C(=O)O)C(=O)O)C(=O)O. The van der Waals surface area contributed by atoms with E-state index in [0.717, 1.165) is 0 Å². The van der Waals surface area contributed by atoms with E-state index in [9.17, 15) is 149 Å². The topological polar surface area (TPSA) is 560 Å². The maximum Gasteiger partial charge on any atom is 0.306 e. The number of aliphatic carboxylic acids is 15. The van der Waals surface area contributed by atoms with Crippen molar-refractivity contribution in [3.05, 3.63) is 0 Å². The summed E-state index contributed by atoms with van der Waals surface area (Å²) in [6.45, 7) is 3.60. The molecule has 0 rings (SSSR count). The van der Waals surface area contributed by atoms with Crippen LogP contribution in [0.5, 0.6) is 0 Å². The van der Waals surface area contributed by atoms with Crippen LogP contribution < -0.4 is 0 Å². The standard InChI is InChI=1S/C77H126O30/c1-3-19-49(64(80)81)21-6-23-51(66(84)85)25-8-27-53(68(88)89)29-10-31-55(70(92)93)33-12-35-57(72(96)97)37-14-39-59(74(100)101)41-16-43-61(76(104)105)45-18-47-62(77(106)107)46-17-44-60(75(102)103)42-15-40-58(73(98)99)38-13-36-56(71(94)95)34-11-32-54(69(90)91)30-9-28-52(67(86)87)26-7-24-50(65(82)83)22-5-20-48(4-2)63(78)79/h48-62H,3-47H2,1-2H3,(H,78,79)(H,80,81)(H,82,83)(H,84,85)(H,86,87)(H,88,89)(H,90,91)(H,92,93)(H,94,95)(H,96,97)(H,98,99)(H,100,101)(H,102,103)(H,104,105)(H,106,107). The Morgan fingerprint density at radius 3 is 0.280 bits per heavy atom. The van der Waals surface area contributed by atoms with Crippen molar-refractivity contribution in [1.82, 2.24) is 0 Å². The summed E-state index contributed by atoms with van der Waals surface area (Å²) in [6.07, 6.45) is 8.60. The van der Waals surface area contributed by atoms with Crippen LogP contribution in [0, 0.1) is 88.8 Å². The molecule has 15 N–H and O–H groups in total. The van der Waals surface area contributed by atoms with Gasteiger partial charge in [-0.2, -0.15) is 0 Å². The third kappa shape index (κ3) is 45.5. The second kappa shape index (κ2) is 57.2. The average molecular weight is 1530 g/mol. The lowest BCUT2D eigenvalue weighted by Crippen LogP contribution is -2.20. The molecule has 0 aliphatic rings. The monoisotopic (exact) mass is 1530 g/mol. The van der Waals surface area contributed by atoms with Gasteiger partial charge in [-0.25, -0.2) is 0 Å². The fourth-order valence-electron chi connectivity index (χ4n) is 14.9. The van der Waals surface area contributed by atoms with Gasteiger partial charge in [-0.1, -0.05) is 110 Å². The van der Waals surface area contributed by atoms with Gasteiger partial charge in [-0.3, -0.25) is 71.9 Å². The minimum atomic E-state index is -1.17. The van der Waals surface area contributed by atoms with Crippen LogP contribution in [-0.4, -0.2) is 166 Å². The maximum atomic E-state index is 12.3. The number of carbonyl (C=O) groups is 15. The molecule has 0 saturated carbocycles. The Hall–Kier alpha value is -7.95. The largest absolute Gasteiger partial charge is 0.481 e. The molecule has 30 nitrogen and oxygen atoms in total. The highest BCUT2D eigenvalue weighted by atomic mass is 16.4. The normalized spacial score (nSPS) is 15.8. The molecule has 30 heteroatoms. The molecule has 0 spiro atoms. The highest BCUT2D eigenvalue weighted by molar-refractivity contribution is 5.75. The molecule has 0 aliphatic heterocycles. The fourth-order valence-corrected chi connectivity index (χ4v) is 14.9.